The molecule has 1 aromatic carbocycles. The lowest BCUT2D eigenvalue weighted by Gasteiger charge is -2.42. The van der Waals surface area contributed by atoms with Crippen molar-refractivity contribution < 1.29 is 0 Å². The number of aryl methyl sites for hydroxylation is 1. The number of hydrogen-bond donors (Lipinski definition) is 1. The zero-order valence-electron chi connectivity index (χ0n) is 11.7. The van der Waals surface area contributed by atoms with E-state index in [0.717, 1.165) is 23.9 Å². The van der Waals surface area contributed by atoms with Crippen molar-refractivity contribution >= 4 is 0 Å². The van der Waals surface area contributed by atoms with Gasteiger partial charge < -0.3 is 5.32 Å². The first-order chi connectivity index (χ1) is 8.74. The zero-order valence-corrected chi connectivity index (χ0v) is 11.7. The number of rotatable bonds is 4. The summed E-state index contributed by atoms with van der Waals surface area (Å²) in [6.07, 6.45) is 7.02. The monoisotopic (exact) mass is 243 g/mol. The fourth-order valence-electron chi connectivity index (χ4n) is 3.50. The van der Waals surface area contributed by atoms with Crippen LogP contribution in [0.1, 0.15) is 56.1 Å². The molecule has 1 N–H and O–H groups in total. The number of nitrogens with one attached hydrogen (secondary N) is 1. The van der Waals surface area contributed by atoms with Crippen molar-refractivity contribution in [3.8, 4) is 0 Å². The summed E-state index contributed by atoms with van der Waals surface area (Å²) in [4.78, 5) is 0. The molecule has 2 saturated carbocycles. The van der Waals surface area contributed by atoms with Crippen LogP contribution >= 0.6 is 0 Å². The summed E-state index contributed by atoms with van der Waals surface area (Å²) in [5.74, 6) is 1.76. The number of benzene rings is 1. The summed E-state index contributed by atoms with van der Waals surface area (Å²) in [6.45, 7) is 4.62. The molecule has 0 spiro atoms. The average molecular weight is 243 g/mol. The van der Waals surface area contributed by atoms with Crippen molar-refractivity contribution in [3.05, 3.63) is 35.4 Å². The van der Waals surface area contributed by atoms with Crippen molar-refractivity contribution in [2.24, 2.45) is 5.92 Å². The molecular weight excluding hydrogens is 218 g/mol. The van der Waals surface area contributed by atoms with E-state index in [1.165, 1.54) is 37.7 Å². The van der Waals surface area contributed by atoms with Gasteiger partial charge >= 0.3 is 0 Å². The highest BCUT2D eigenvalue weighted by Gasteiger charge is 2.33. The van der Waals surface area contributed by atoms with Gasteiger partial charge in [0.05, 0.1) is 0 Å². The average Bonchev–Trinajstić information content (AvgIpc) is 2.22. The molecule has 1 heteroatoms. The molecule has 1 atom stereocenters. The lowest BCUT2D eigenvalue weighted by atomic mass is 9.73. The second-order valence-electron chi connectivity index (χ2n) is 6.37. The maximum atomic E-state index is 3.84. The molecule has 1 nitrogen and oxygen atoms in total. The maximum Gasteiger partial charge on any atom is 0.00813 e. The third kappa shape index (κ3) is 2.33. The summed E-state index contributed by atoms with van der Waals surface area (Å²) >= 11 is 0. The predicted octanol–water partition coefficient (Wildman–Crippen LogP) is 4.02. The van der Waals surface area contributed by atoms with Gasteiger partial charge in [0.1, 0.15) is 0 Å². The Balaban J connectivity index is 1.49. The Morgan fingerprint density at radius 2 is 1.89 bits per heavy atom. The standard InChI is InChI=1S/C17H25N/c1-12-6-3-4-9-17(12)15-10-16(11-15)18-13(2)14-7-5-8-14/h3-4,6,9,13-16,18H,5,7-8,10-11H2,1-2H3. The van der Waals surface area contributed by atoms with Gasteiger partial charge in [-0.2, -0.15) is 0 Å². The summed E-state index contributed by atoms with van der Waals surface area (Å²) in [6, 6.07) is 10.4. The van der Waals surface area contributed by atoms with Crippen LogP contribution in [0.2, 0.25) is 0 Å². The van der Waals surface area contributed by atoms with E-state index < -0.39 is 0 Å². The van der Waals surface area contributed by atoms with Crippen molar-refractivity contribution in [2.45, 2.75) is 64.0 Å². The summed E-state index contributed by atoms with van der Waals surface area (Å²) in [5.41, 5.74) is 3.04. The van der Waals surface area contributed by atoms with Crippen molar-refractivity contribution in [1.82, 2.24) is 5.32 Å². The summed E-state index contributed by atoms with van der Waals surface area (Å²) < 4.78 is 0. The van der Waals surface area contributed by atoms with Crippen LogP contribution in [0.3, 0.4) is 0 Å². The van der Waals surface area contributed by atoms with E-state index in [-0.39, 0.29) is 0 Å². The van der Waals surface area contributed by atoms with Crippen molar-refractivity contribution in [2.75, 3.05) is 0 Å². The third-order valence-electron chi connectivity index (χ3n) is 5.12. The van der Waals surface area contributed by atoms with Gasteiger partial charge in [-0.1, -0.05) is 30.7 Å². The minimum Gasteiger partial charge on any atom is -0.311 e. The predicted molar refractivity (Wildman–Crippen MR) is 76.9 cm³/mol. The third-order valence-corrected chi connectivity index (χ3v) is 5.12. The van der Waals surface area contributed by atoms with Crippen LogP contribution in [-0.2, 0) is 0 Å². The van der Waals surface area contributed by atoms with Gasteiger partial charge in [0.15, 0.2) is 0 Å². The highest BCUT2D eigenvalue weighted by atomic mass is 15.0. The Morgan fingerprint density at radius 1 is 1.17 bits per heavy atom. The minimum atomic E-state index is 0.738. The van der Waals surface area contributed by atoms with E-state index in [2.05, 4.69) is 43.4 Å². The molecule has 2 aliphatic rings. The van der Waals surface area contributed by atoms with Crippen LogP contribution < -0.4 is 5.32 Å². The van der Waals surface area contributed by atoms with E-state index in [1.807, 2.05) is 0 Å². The fraction of sp³-hybridized carbons (Fsp3) is 0.647. The van der Waals surface area contributed by atoms with Crippen LogP contribution in [0.25, 0.3) is 0 Å². The van der Waals surface area contributed by atoms with Gasteiger partial charge in [0.25, 0.3) is 0 Å². The number of hydrogen-bond acceptors (Lipinski definition) is 1. The molecule has 0 saturated heterocycles. The van der Waals surface area contributed by atoms with Crippen LogP contribution in [0.4, 0.5) is 0 Å². The summed E-state index contributed by atoms with van der Waals surface area (Å²) in [7, 11) is 0. The minimum absolute atomic E-state index is 0.738. The Labute approximate surface area is 111 Å². The normalized spacial score (nSPS) is 29.4. The van der Waals surface area contributed by atoms with Gasteiger partial charge in [0, 0.05) is 12.1 Å². The second kappa shape index (κ2) is 5.05. The molecular formula is C17H25N. The molecule has 18 heavy (non-hydrogen) atoms. The highest BCUT2D eigenvalue weighted by Crippen LogP contribution is 2.39. The van der Waals surface area contributed by atoms with E-state index in [4.69, 9.17) is 0 Å². The first-order valence-electron chi connectivity index (χ1n) is 7.55. The van der Waals surface area contributed by atoms with E-state index >= 15 is 0 Å². The molecule has 0 aliphatic heterocycles. The van der Waals surface area contributed by atoms with Crippen molar-refractivity contribution in [1.29, 1.82) is 0 Å². The molecule has 2 aliphatic carbocycles. The Morgan fingerprint density at radius 3 is 2.50 bits per heavy atom. The van der Waals surface area contributed by atoms with Crippen LogP contribution in [0.5, 0.6) is 0 Å². The molecule has 0 aromatic heterocycles. The Hall–Kier alpha value is -0.820. The summed E-state index contributed by atoms with van der Waals surface area (Å²) in [5, 5.41) is 3.84. The van der Waals surface area contributed by atoms with E-state index in [0.29, 0.717) is 0 Å². The fourth-order valence-corrected chi connectivity index (χ4v) is 3.50. The van der Waals surface area contributed by atoms with Gasteiger partial charge in [-0.3, -0.25) is 0 Å². The molecule has 98 valence electrons. The molecule has 1 unspecified atom stereocenters. The maximum absolute atomic E-state index is 3.84. The Kier molecular flexibility index (Phi) is 3.43. The highest BCUT2D eigenvalue weighted by molar-refractivity contribution is 5.31. The first kappa shape index (κ1) is 12.2. The topological polar surface area (TPSA) is 12.0 Å². The quantitative estimate of drug-likeness (QED) is 0.842. The molecule has 0 amide bonds. The van der Waals surface area contributed by atoms with E-state index in [9.17, 15) is 0 Å². The lowest BCUT2D eigenvalue weighted by molar-refractivity contribution is 0.187. The van der Waals surface area contributed by atoms with E-state index in [1.54, 1.807) is 5.56 Å². The molecule has 3 rings (SSSR count). The van der Waals surface area contributed by atoms with Crippen LogP contribution in [0.15, 0.2) is 24.3 Å². The van der Waals surface area contributed by atoms with Gasteiger partial charge in [-0.25, -0.2) is 0 Å². The second-order valence-corrected chi connectivity index (χ2v) is 6.37. The van der Waals surface area contributed by atoms with Gasteiger partial charge in [-0.15, -0.1) is 0 Å². The zero-order chi connectivity index (χ0) is 12.5. The van der Waals surface area contributed by atoms with Crippen LogP contribution in [-0.4, -0.2) is 12.1 Å². The first-order valence-corrected chi connectivity index (χ1v) is 7.55. The molecule has 1 aromatic rings. The molecule has 0 bridgehead atoms. The Bertz CT molecular complexity index is 402. The van der Waals surface area contributed by atoms with Gasteiger partial charge in [-0.05, 0) is 62.5 Å². The molecule has 2 fully saturated rings. The molecule has 0 heterocycles. The van der Waals surface area contributed by atoms with Crippen LogP contribution in [0, 0.1) is 12.8 Å². The molecule has 0 radical (unpaired) electrons. The lowest BCUT2D eigenvalue weighted by Crippen LogP contribution is -2.48. The van der Waals surface area contributed by atoms with Gasteiger partial charge in [0.2, 0.25) is 0 Å². The van der Waals surface area contributed by atoms with Crippen molar-refractivity contribution in [3.63, 3.8) is 0 Å². The SMILES string of the molecule is Cc1ccccc1C1CC(NC(C)C2CCC2)C1. The smallest absolute Gasteiger partial charge is 0.00813 e. The largest absolute Gasteiger partial charge is 0.311 e.